The van der Waals surface area contributed by atoms with E-state index in [0.717, 1.165) is 10.9 Å². The predicted octanol–water partition coefficient (Wildman–Crippen LogP) is -1.94. The molecule has 0 aliphatic heterocycles. The number of aromatic nitrogens is 1. The summed E-state index contributed by atoms with van der Waals surface area (Å²) < 4.78 is 0. The molecule has 4 atom stereocenters. The molecule has 0 bridgehead atoms. The van der Waals surface area contributed by atoms with E-state index in [9.17, 15) is 34.2 Å². The fourth-order valence-electron chi connectivity index (χ4n) is 3.20. The van der Waals surface area contributed by atoms with Gasteiger partial charge in [0.25, 0.3) is 0 Å². The van der Waals surface area contributed by atoms with Crippen LogP contribution in [0.2, 0.25) is 0 Å². The van der Waals surface area contributed by atoms with E-state index in [1.807, 2.05) is 12.1 Å². The number of para-hydroxylation sites is 1. The summed E-state index contributed by atoms with van der Waals surface area (Å²) in [5.74, 6) is -5.26. The van der Waals surface area contributed by atoms with Crippen molar-refractivity contribution in [1.29, 1.82) is 0 Å². The summed E-state index contributed by atoms with van der Waals surface area (Å²) in [6, 6.07) is 3.00. The van der Waals surface area contributed by atoms with Crippen LogP contribution in [-0.4, -0.2) is 80.7 Å². The van der Waals surface area contributed by atoms with Crippen LogP contribution in [0.3, 0.4) is 0 Å². The topological polar surface area (TPSA) is 224 Å². The monoisotopic (exact) mass is 477 g/mol. The van der Waals surface area contributed by atoms with Crippen molar-refractivity contribution in [2.45, 2.75) is 44.0 Å². The van der Waals surface area contributed by atoms with Crippen molar-refractivity contribution < 1.29 is 39.3 Å². The number of nitrogens with one attached hydrogen (secondary N) is 4. The van der Waals surface area contributed by atoms with Crippen molar-refractivity contribution >= 4 is 40.6 Å². The van der Waals surface area contributed by atoms with Crippen molar-refractivity contribution in [2.24, 2.45) is 5.73 Å². The Morgan fingerprint density at radius 1 is 1.06 bits per heavy atom. The number of carboxylic acids is 2. The van der Waals surface area contributed by atoms with E-state index < -0.39 is 66.9 Å². The third kappa shape index (κ3) is 7.28. The lowest BCUT2D eigenvalue weighted by Crippen LogP contribution is -2.56. The van der Waals surface area contributed by atoms with E-state index in [0.29, 0.717) is 5.56 Å². The fourth-order valence-corrected chi connectivity index (χ4v) is 3.20. The zero-order chi connectivity index (χ0) is 25.4. The fraction of sp³-hybridized carbons (Fsp3) is 0.381. The summed E-state index contributed by atoms with van der Waals surface area (Å²) in [7, 11) is 0. The molecule has 0 spiro atoms. The first kappa shape index (κ1) is 26.3. The molecule has 13 heteroatoms. The van der Waals surface area contributed by atoms with Crippen LogP contribution in [0.15, 0.2) is 30.5 Å². The van der Waals surface area contributed by atoms with Crippen molar-refractivity contribution in [3.05, 3.63) is 36.0 Å². The molecule has 2 rings (SSSR count). The van der Waals surface area contributed by atoms with Crippen molar-refractivity contribution in [2.75, 3.05) is 6.54 Å². The van der Waals surface area contributed by atoms with Crippen molar-refractivity contribution in [3.8, 4) is 0 Å². The van der Waals surface area contributed by atoms with Crippen LogP contribution in [0.4, 0.5) is 0 Å². The maximum Gasteiger partial charge on any atom is 0.328 e. The number of aliphatic hydroxyl groups is 1. The Kier molecular flexibility index (Phi) is 9.10. The van der Waals surface area contributed by atoms with E-state index in [2.05, 4.69) is 20.9 Å². The SMILES string of the molecule is CC(O)C(NC(=O)C(Cc1c[nH]c2ccccc12)NC(=O)CNC(=O)C(N)CC(=O)O)C(=O)O. The summed E-state index contributed by atoms with van der Waals surface area (Å²) in [4.78, 5) is 62.2. The lowest BCUT2D eigenvalue weighted by atomic mass is 10.0. The van der Waals surface area contributed by atoms with Crippen LogP contribution >= 0.6 is 0 Å². The lowest BCUT2D eigenvalue weighted by molar-refractivity contribution is -0.145. The highest BCUT2D eigenvalue weighted by Gasteiger charge is 2.30. The van der Waals surface area contributed by atoms with E-state index in [1.165, 1.54) is 6.92 Å². The van der Waals surface area contributed by atoms with Crippen LogP contribution in [0.1, 0.15) is 18.9 Å². The lowest BCUT2D eigenvalue weighted by Gasteiger charge is -2.23. The molecule has 0 saturated carbocycles. The minimum absolute atomic E-state index is 0.0276. The second kappa shape index (κ2) is 11.8. The molecule has 3 amide bonds. The molecule has 0 saturated heterocycles. The standard InChI is InChI=1S/C21H27N5O8/c1-10(27)18(21(33)34)26-20(32)15(6-11-8-23-14-5-3-2-4-12(11)14)25-16(28)9-24-19(31)13(22)7-17(29)30/h2-5,8,10,13,15,18,23,27H,6-7,9,22H2,1H3,(H,24,31)(H,25,28)(H,26,32)(H,29,30)(H,33,34). The molecular weight excluding hydrogens is 450 g/mol. The number of aliphatic carboxylic acids is 2. The number of aromatic amines is 1. The number of aliphatic hydroxyl groups excluding tert-OH is 1. The highest BCUT2D eigenvalue weighted by molar-refractivity contribution is 5.94. The van der Waals surface area contributed by atoms with Crippen LogP contribution < -0.4 is 21.7 Å². The minimum Gasteiger partial charge on any atom is -0.481 e. The highest BCUT2D eigenvalue weighted by Crippen LogP contribution is 2.19. The zero-order valence-corrected chi connectivity index (χ0v) is 18.3. The third-order valence-electron chi connectivity index (χ3n) is 4.95. The van der Waals surface area contributed by atoms with Gasteiger partial charge in [-0.1, -0.05) is 18.2 Å². The van der Waals surface area contributed by atoms with E-state index >= 15 is 0 Å². The van der Waals surface area contributed by atoms with Crippen molar-refractivity contribution in [1.82, 2.24) is 20.9 Å². The molecule has 1 aromatic heterocycles. The number of hydrogen-bond acceptors (Lipinski definition) is 7. The first-order valence-electron chi connectivity index (χ1n) is 10.3. The van der Waals surface area contributed by atoms with Crippen LogP contribution in [0.25, 0.3) is 10.9 Å². The number of carbonyl (C=O) groups is 5. The van der Waals surface area contributed by atoms with Gasteiger partial charge in [-0.2, -0.15) is 0 Å². The molecule has 1 heterocycles. The normalized spacial score (nSPS) is 14.4. The van der Waals surface area contributed by atoms with Gasteiger partial charge >= 0.3 is 11.9 Å². The number of carboxylic acid groups (broad SMARTS) is 2. The Hall–Kier alpha value is -3.97. The largest absolute Gasteiger partial charge is 0.481 e. The summed E-state index contributed by atoms with van der Waals surface area (Å²) in [5.41, 5.74) is 6.88. The Morgan fingerprint density at radius 2 is 1.74 bits per heavy atom. The average molecular weight is 477 g/mol. The number of carbonyl (C=O) groups excluding carboxylic acids is 3. The van der Waals surface area contributed by atoms with Crippen LogP contribution in [0, 0.1) is 0 Å². The molecule has 0 fully saturated rings. The molecule has 0 aliphatic rings. The molecule has 4 unspecified atom stereocenters. The smallest absolute Gasteiger partial charge is 0.328 e. The van der Waals surface area contributed by atoms with Gasteiger partial charge in [0.2, 0.25) is 17.7 Å². The quantitative estimate of drug-likeness (QED) is 0.170. The van der Waals surface area contributed by atoms with E-state index in [1.54, 1.807) is 18.3 Å². The van der Waals surface area contributed by atoms with Gasteiger partial charge in [0.05, 0.1) is 25.1 Å². The summed E-state index contributed by atoms with van der Waals surface area (Å²) in [6.07, 6.45) is -0.414. The van der Waals surface area contributed by atoms with Gasteiger partial charge < -0.3 is 42.0 Å². The molecular formula is C21H27N5O8. The summed E-state index contributed by atoms with van der Waals surface area (Å²) in [5, 5.41) is 35.2. The van der Waals surface area contributed by atoms with Gasteiger partial charge in [-0.05, 0) is 18.6 Å². The summed E-state index contributed by atoms with van der Waals surface area (Å²) >= 11 is 0. The Labute approximate surface area is 193 Å². The van der Waals surface area contributed by atoms with E-state index in [4.69, 9.17) is 10.8 Å². The first-order valence-corrected chi connectivity index (χ1v) is 10.3. The highest BCUT2D eigenvalue weighted by atomic mass is 16.4. The number of fused-ring (bicyclic) bond motifs is 1. The molecule has 2 aromatic rings. The molecule has 0 radical (unpaired) electrons. The van der Waals surface area contributed by atoms with Crippen LogP contribution in [-0.2, 0) is 30.4 Å². The zero-order valence-electron chi connectivity index (χ0n) is 18.3. The van der Waals surface area contributed by atoms with Gasteiger partial charge in [-0.15, -0.1) is 0 Å². The van der Waals surface area contributed by atoms with Gasteiger partial charge in [0, 0.05) is 23.5 Å². The first-order chi connectivity index (χ1) is 16.0. The van der Waals surface area contributed by atoms with Crippen molar-refractivity contribution in [3.63, 3.8) is 0 Å². The van der Waals surface area contributed by atoms with Gasteiger partial charge in [-0.3, -0.25) is 19.2 Å². The van der Waals surface area contributed by atoms with Gasteiger partial charge in [-0.25, -0.2) is 4.79 Å². The molecule has 9 N–H and O–H groups in total. The number of benzene rings is 1. The molecule has 34 heavy (non-hydrogen) atoms. The Balaban J connectivity index is 2.15. The van der Waals surface area contributed by atoms with Crippen LogP contribution in [0.5, 0.6) is 0 Å². The predicted molar refractivity (Wildman–Crippen MR) is 118 cm³/mol. The van der Waals surface area contributed by atoms with Gasteiger partial charge in [0.1, 0.15) is 6.04 Å². The van der Waals surface area contributed by atoms with Gasteiger partial charge in [0.15, 0.2) is 6.04 Å². The number of hydrogen-bond donors (Lipinski definition) is 8. The van der Waals surface area contributed by atoms with E-state index in [-0.39, 0.29) is 6.42 Å². The molecule has 0 aliphatic carbocycles. The average Bonchev–Trinajstić information content (AvgIpc) is 3.17. The molecule has 1 aromatic carbocycles. The number of rotatable bonds is 12. The minimum atomic E-state index is -1.61. The maximum atomic E-state index is 12.8. The maximum absolute atomic E-state index is 12.8. The number of amides is 3. The Morgan fingerprint density at radius 3 is 2.35 bits per heavy atom. The number of nitrogens with two attached hydrogens (primary N) is 1. The molecule has 184 valence electrons. The molecule has 13 nitrogen and oxygen atoms in total. The number of H-pyrrole nitrogens is 1. The second-order valence-electron chi connectivity index (χ2n) is 7.67. The third-order valence-corrected chi connectivity index (χ3v) is 4.95. The Bertz CT molecular complexity index is 1070. The second-order valence-corrected chi connectivity index (χ2v) is 7.67. The summed E-state index contributed by atoms with van der Waals surface area (Å²) in [6.45, 7) is 0.602.